The lowest BCUT2D eigenvalue weighted by atomic mass is 10.1. The van der Waals surface area contributed by atoms with Gasteiger partial charge in [-0.2, -0.15) is 0 Å². The number of amides is 2. The van der Waals surface area contributed by atoms with Gasteiger partial charge >= 0.3 is 0 Å². The molecule has 2 aromatic carbocycles. The van der Waals surface area contributed by atoms with E-state index in [0.29, 0.717) is 13.0 Å². The Kier molecular flexibility index (Phi) is 3.83. The highest BCUT2D eigenvalue weighted by Gasteiger charge is 2.41. The maximum absolute atomic E-state index is 13.2. The first-order valence-electron chi connectivity index (χ1n) is 8.83. The van der Waals surface area contributed by atoms with Crippen molar-refractivity contribution in [2.24, 2.45) is 5.92 Å². The zero-order valence-electron chi connectivity index (χ0n) is 14.6. The Morgan fingerprint density at radius 3 is 2.44 bits per heavy atom. The van der Waals surface area contributed by atoms with Crippen LogP contribution >= 0.6 is 0 Å². The average molecular weight is 334 g/mol. The molecular weight excluding hydrogens is 312 g/mol. The Balaban J connectivity index is 1.59. The lowest BCUT2D eigenvalue weighted by Gasteiger charge is -2.26. The molecule has 2 aromatic rings. The van der Waals surface area contributed by atoms with E-state index in [4.69, 9.17) is 0 Å². The van der Waals surface area contributed by atoms with Crippen molar-refractivity contribution in [2.45, 2.75) is 32.7 Å². The summed E-state index contributed by atoms with van der Waals surface area (Å²) in [6, 6.07) is 16.1. The van der Waals surface area contributed by atoms with Gasteiger partial charge in [0.05, 0.1) is 5.92 Å². The van der Waals surface area contributed by atoms with Crippen molar-refractivity contribution < 1.29 is 9.59 Å². The van der Waals surface area contributed by atoms with Gasteiger partial charge in [0, 0.05) is 30.4 Å². The summed E-state index contributed by atoms with van der Waals surface area (Å²) in [6.45, 7) is 4.54. The number of nitrogens with zero attached hydrogens (tertiary/aromatic N) is 2. The van der Waals surface area contributed by atoms with Crippen LogP contribution in [0.1, 0.15) is 24.5 Å². The molecule has 4 heteroatoms. The quantitative estimate of drug-likeness (QED) is 0.845. The van der Waals surface area contributed by atoms with Gasteiger partial charge in [0.15, 0.2) is 0 Å². The number of anilines is 2. The Hall–Kier alpha value is -2.62. The van der Waals surface area contributed by atoms with Crippen molar-refractivity contribution in [1.82, 2.24) is 0 Å². The summed E-state index contributed by atoms with van der Waals surface area (Å²) >= 11 is 0. The zero-order valence-corrected chi connectivity index (χ0v) is 14.6. The molecule has 0 unspecified atom stereocenters. The molecule has 128 valence electrons. The number of fused-ring (bicyclic) bond motifs is 1. The van der Waals surface area contributed by atoms with Crippen molar-refractivity contribution in [3.63, 3.8) is 0 Å². The fourth-order valence-electron chi connectivity index (χ4n) is 4.07. The van der Waals surface area contributed by atoms with Crippen LogP contribution in [0.25, 0.3) is 0 Å². The minimum Gasteiger partial charge on any atom is -0.311 e. The summed E-state index contributed by atoms with van der Waals surface area (Å²) in [4.78, 5) is 29.4. The van der Waals surface area contributed by atoms with Gasteiger partial charge in [-0.15, -0.1) is 0 Å². The molecule has 0 aromatic heterocycles. The van der Waals surface area contributed by atoms with E-state index in [0.717, 1.165) is 23.4 Å². The van der Waals surface area contributed by atoms with Gasteiger partial charge in [-0.3, -0.25) is 9.59 Å². The second-order valence-corrected chi connectivity index (χ2v) is 7.08. The number of hydrogen-bond donors (Lipinski definition) is 0. The number of rotatable bonds is 2. The van der Waals surface area contributed by atoms with Crippen LogP contribution in [-0.2, 0) is 16.0 Å². The number of aryl methyl sites for hydroxylation is 1. The van der Waals surface area contributed by atoms with Gasteiger partial charge in [0.1, 0.15) is 0 Å². The highest BCUT2D eigenvalue weighted by molar-refractivity contribution is 6.05. The van der Waals surface area contributed by atoms with Crippen LogP contribution in [0.2, 0.25) is 0 Å². The Morgan fingerprint density at radius 2 is 1.68 bits per heavy atom. The van der Waals surface area contributed by atoms with Gasteiger partial charge in [0.25, 0.3) is 0 Å². The molecule has 2 heterocycles. The predicted molar refractivity (Wildman–Crippen MR) is 98.7 cm³/mol. The number of hydrogen-bond acceptors (Lipinski definition) is 2. The van der Waals surface area contributed by atoms with E-state index in [2.05, 4.69) is 13.0 Å². The van der Waals surface area contributed by atoms with Crippen LogP contribution in [-0.4, -0.2) is 24.4 Å². The van der Waals surface area contributed by atoms with E-state index in [1.165, 1.54) is 5.56 Å². The first-order valence-corrected chi connectivity index (χ1v) is 8.83. The summed E-state index contributed by atoms with van der Waals surface area (Å²) in [5.74, 6) is -0.171. The Morgan fingerprint density at radius 1 is 1.00 bits per heavy atom. The molecule has 2 aliphatic heterocycles. The van der Waals surface area contributed by atoms with Crippen LogP contribution < -0.4 is 9.80 Å². The second kappa shape index (κ2) is 6.03. The van der Waals surface area contributed by atoms with Crippen molar-refractivity contribution >= 4 is 23.2 Å². The maximum atomic E-state index is 13.2. The molecule has 25 heavy (non-hydrogen) atoms. The zero-order chi connectivity index (χ0) is 17.6. The lowest BCUT2D eigenvalue weighted by Crippen LogP contribution is -2.41. The Labute approximate surface area is 148 Å². The molecular formula is C21H22N2O2. The van der Waals surface area contributed by atoms with Crippen LogP contribution in [0.5, 0.6) is 0 Å². The molecule has 0 spiro atoms. The van der Waals surface area contributed by atoms with Crippen LogP contribution in [0.4, 0.5) is 11.4 Å². The first kappa shape index (κ1) is 15.9. The molecule has 2 atom stereocenters. The van der Waals surface area contributed by atoms with Crippen molar-refractivity contribution in [3.05, 3.63) is 59.7 Å². The van der Waals surface area contributed by atoms with E-state index >= 15 is 0 Å². The molecule has 1 fully saturated rings. The molecule has 0 bridgehead atoms. The fraction of sp³-hybridized carbons (Fsp3) is 0.333. The minimum absolute atomic E-state index is 0.0350. The largest absolute Gasteiger partial charge is 0.311 e. The van der Waals surface area contributed by atoms with Gasteiger partial charge in [-0.25, -0.2) is 0 Å². The number of benzene rings is 2. The number of carbonyl (C=O) groups excluding carboxylic acids is 2. The smallest absolute Gasteiger partial charge is 0.232 e. The molecule has 2 amide bonds. The fourth-order valence-corrected chi connectivity index (χ4v) is 4.07. The molecule has 4 nitrogen and oxygen atoms in total. The number of para-hydroxylation sites is 2. The summed E-state index contributed by atoms with van der Waals surface area (Å²) in [6.07, 6.45) is 1.17. The molecule has 4 rings (SSSR count). The predicted octanol–water partition coefficient (Wildman–Crippen LogP) is 3.33. The lowest BCUT2D eigenvalue weighted by molar-refractivity contribution is -0.124. The third-order valence-corrected chi connectivity index (χ3v) is 5.33. The monoisotopic (exact) mass is 334 g/mol. The Bertz CT molecular complexity index is 845. The minimum atomic E-state index is -0.277. The SMILES string of the molecule is Cc1ccccc1N1C[C@H](C(=O)N2c3ccccc3C[C@@H]2C)CC1=O. The van der Waals surface area contributed by atoms with E-state index in [1.807, 2.05) is 54.3 Å². The molecule has 0 radical (unpaired) electrons. The van der Waals surface area contributed by atoms with Crippen LogP contribution in [0, 0.1) is 12.8 Å². The van der Waals surface area contributed by atoms with E-state index < -0.39 is 0 Å². The summed E-state index contributed by atoms with van der Waals surface area (Å²) in [5.41, 5.74) is 4.19. The van der Waals surface area contributed by atoms with Gasteiger partial charge in [-0.05, 0) is 43.5 Å². The third-order valence-electron chi connectivity index (χ3n) is 5.33. The third kappa shape index (κ3) is 2.62. The van der Waals surface area contributed by atoms with E-state index in [1.54, 1.807) is 4.90 Å². The van der Waals surface area contributed by atoms with E-state index in [9.17, 15) is 9.59 Å². The highest BCUT2D eigenvalue weighted by Crippen LogP contribution is 2.35. The number of carbonyl (C=O) groups is 2. The van der Waals surface area contributed by atoms with Crippen LogP contribution in [0.15, 0.2) is 48.5 Å². The summed E-state index contributed by atoms with van der Waals surface area (Å²) < 4.78 is 0. The molecule has 0 saturated carbocycles. The first-order chi connectivity index (χ1) is 12.1. The van der Waals surface area contributed by atoms with Crippen molar-refractivity contribution in [1.29, 1.82) is 0 Å². The highest BCUT2D eigenvalue weighted by atomic mass is 16.2. The molecule has 2 aliphatic rings. The standard InChI is InChI=1S/C21H22N2O2/c1-14-7-3-5-9-18(14)22-13-17(12-20(22)24)21(25)23-15(2)11-16-8-4-6-10-19(16)23/h3-10,15,17H,11-13H2,1-2H3/t15-,17+/m0/s1. The van der Waals surface area contributed by atoms with Crippen LogP contribution in [0.3, 0.4) is 0 Å². The molecule has 1 saturated heterocycles. The normalized spacial score (nSPS) is 22.4. The van der Waals surface area contributed by atoms with Crippen molar-refractivity contribution in [2.75, 3.05) is 16.3 Å². The summed E-state index contributed by atoms with van der Waals surface area (Å²) in [5, 5.41) is 0. The average Bonchev–Trinajstić information content (AvgIpc) is 3.14. The van der Waals surface area contributed by atoms with Gasteiger partial charge < -0.3 is 9.80 Å². The second-order valence-electron chi connectivity index (χ2n) is 7.08. The summed E-state index contributed by atoms with van der Waals surface area (Å²) in [7, 11) is 0. The molecule has 0 aliphatic carbocycles. The van der Waals surface area contributed by atoms with Crippen molar-refractivity contribution in [3.8, 4) is 0 Å². The topological polar surface area (TPSA) is 40.6 Å². The van der Waals surface area contributed by atoms with Gasteiger partial charge in [0.2, 0.25) is 11.8 Å². The molecule has 0 N–H and O–H groups in total. The van der Waals surface area contributed by atoms with Gasteiger partial charge in [-0.1, -0.05) is 36.4 Å². The maximum Gasteiger partial charge on any atom is 0.232 e. The van der Waals surface area contributed by atoms with E-state index in [-0.39, 0.29) is 23.8 Å².